The predicted molar refractivity (Wildman–Crippen MR) is 133 cm³/mol. The van der Waals surface area contributed by atoms with Gasteiger partial charge in [0.25, 0.3) is 0 Å². The fraction of sp³-hybridized carbons (Fsp3) is 0.696. The van der Waals surface area contributed by atoms with Crippen LogP contribution in [0.2, 0.25) is 0 Å². The molecular weight excluding hydrogens is 475 g/mol. The molecular formula is C23H39IN4O. The first-order valence-corrected chi connectivity index (χ1v) is 11.0. The lowest BCUT2D eigenvalue weighted by atomic mass is 9.82. The van der Waals surface area contributed by atoms with E-state index < -0.39 is 0 Å². The molecule has 164 valence electrons. The number of nitrogens with one attached hydrogen (secondary N) is 2. The Balaban J connectivity index is 0.00000300. The van der Waals surface area contributed by atoms with E-state index in [4.69, 9.17) is 9.73 Å². The van der Waals surface area contributed by atoms with Crippen LogP contribution in [0.4, 0.5) is 0 Å². The summed E-state index contributed by atoms with van der Waals surface area (Å²) in [6.45, 7) is 6.15. The predicted octanol–water partition coefficient (Wildman–Crippen LogP) is 4.38. The lowest BCUT2D eigenvalue weighted by Gasteiger charge is -2.47. The fourth-order valence-electron chi connectivity index (χ4n) is 4.72. The maximum absolute atomic E-state index is 5.25. The van der Waals surface area contributed by atoms with Crippen molar-refractivity contribution in [1.82, 2.24) is 15.5 Å². The van der Waals surface area contributed by atoms with Gasteiger partial charge in [-0.15, -0.1) is 24.0 Å². The molecule has 0 radical (unpaired) electrons. The van der Waals surface area contributed by atoms with E-state index >= 15 is 0 Å². The molecule has 0 saturated carbocycles. The van der Waals surface area contributed by atoms with E-state index in [1.807, 2.05) is 12.1 Å². The van der Waals surface area contributed by atoms with Crippen LogP contribution in [0.15, 0.2) is 29.3 Å². The molecule has 2 bridgehead atoms. The summed E-state index contributed by atoms with van der Waals surface area (Å²) in [5.74, 6) is 2.38. The molecule has 2 N–H and O–H groups in total. The topological polar surface area (TPSA) is 48.9 Å². The molecule has 0 aromatic heterocycles. The molecule has 0 amide bonds. The van der Waals surface area contributed by atoms with E-state index in [2.05, 4.69) is 48.6 Å². The zero-order chi connectivity index (χ0) is 19.9. The van der Waals surface area contributed by atoms with E-state index in [9.17, 15) is 0 Å². The molecule has 3 atom stereocenters. The Morgan fingerprint density at radius 1 is 1.21 bits per heavy atom. The monoisotopic (exact) mass is 514 g/mol. The van der Waals surface area contributed by atoms with Crippen molar-refractivity contribution in [2.75, 3.05) is 27.2 Å². The van der Waals surface area contributed by atoms with E-state index in [-0.39, 0.29) is 24.0 Å². The zero-order valence-corrected chi connectivity index (χ0v) is 20.8. The number of benzene rings is 1. The number of fused-ring (bicyclic) bond motifs is 2. The molecule has 3 unspecified atom stereocenters. The Kier molecular flexibility index (Phi) is 10.0. The number of guanidine groups is 1. The summed E-state index contributed by atoms with van der Waals surface area (Å²) in [6, 6.07) is 10.4. The molecule has 1 aromatic rings. The van der Waals surface area contributed by atoms with Crippen LogP contribution in [0.25, 0.3) is 0 Å². The van der Waals surface area contributed by atoms with Crippen molar-refractivity contribution >= 4 is 29.9 Å². The number of hydrogen-bond donors (Lipinski definition) is 2. The minimum atomic E-state index is 0. The van der Waals surface area contributed by atoms with Gasteiger partial charge in [0.15, 0.2) is 5.96 Å². The van der Waals surface area contributed by atoms with E-state index in [1.54, 1.807) is 7.11 Å². The van der Waals surface area contributed by atoms with E-state index in [0.29, 0.717) is 12.0 Å². The van der Waals surface area contributed by atoms with E-state index in [0.717, 1.165) is 43.3 Å². The quantitative estimate of drug-likeness (QED) is 0.322. The number of ether oxygens (including phenoxy) is 1. The van der Waals surface area contributed by atoms with Gasteiger partial charge < -0.3 is 20.3 Å². The van der Waals surface area contributed by atoms with Gasteiger partial charge in [0.05, 0.1) is 7.11 Å². The highest BCUT2D eigenvalue weighted by atomic mass is 127. The highest BCUT2D eigenvalue weighted by Gasteiger charge is 2.36. The van der Waals surface area contributed by atoms with Crippen molar-refractivity contribution in [3.05, 3.63) is 29.8 Å². The van der Waals surface area contributed by atoms with Gasteiger partial charge in [-0.25, -0.2) is 0 Å². The molecule has 0 aliphatic carbocycles. The highest BCUT2D eigenvalue weighted by Crippen LogP contribution is 2.32. The Morgan fingerprint density at radius 2 is 1.86 bits per heavy atom. The first-order valence-electron chi connectivity index (χ1n) is 11.0. The minimum absolute atomic E-state index is 0. The minimum Gasteiger partial charge on any atom is -0.497 e. The standard InChI is InChI=1S/C23H38N4O.HI/c1-5-24-23(26-19-15-20-7-6-8-21(16-19)27(20)3)25-14-13-17(2)18-9-11-22(28-4)12-10-18;/h9-12,17,19-21H,5-8,13-16H2,1-4H3,(H2,24,25,26);1H. The van der Waals surface area contributed by atoms with Crippen LogP contribution in [0.5, 0.6) is 5.75 Å². The number of halogens is 1. The molecule has 0 spiro atoms. The van der Waals surface area contributed by atoms with Gasteiger partial charge in [0, 0.05) is 31.2 Å². The summed E-state index contributed by atoms with van der Waals surface area (Å²) in [7, 11) is 4.02. The zero-order valence-electron chi connectivity index (χ0n) is 18.5. The summed E-state index contributed by atoms with van der Waals surface area (Å²) in [4.78, 5) is 7.49. The summed E-state index contributed by atoms with van der Waals surface area (Å²) in [5, 5.41) is 7.17. The van der Waals surface area contributed by atoms with Crippen LogP contribution in [0.1, 0.15) is 63.9 Å². The summed E-state index contributed by atoms with van der Waals surface area (Å²) in [6.07, 6.45) is 7.60. The second-order valence-electron chi connectivity index (χ2n) is 8.44. The van der Waals surface area contributed by atoms with Crippen LogP contribution in [-0.4, -0.2) is 56.2 Å². The SMILES string of the molecule is CCNC(=NCCC(C)c1ccc(OC)cc1)NC1CC2CCCC(C1)N2C.I. The van der Waals surface area contributed by atoms with Crippen molar-refractivity contribution in [2.24, 2.45) is 4.99 Å². The molecule has 3 rings (SSSR count). The Hall–Kier alpha value is -1.02. The van der Waals surface area contributed by atoms with Crippen molar-refractivity contribution in [1.29, 1.82) is 0 Å². The Bertz CT molecular complexity index is 622. The highest BCUT2D eigenvalue weighted by molar-refractivity contribution is 14.0. The Labute approximate surface area is 194 Å². The second-order valence-corrected chi connectivity index (χ2v) is 8.44. The average Bonchev–Trinajstić information content (AvgIpc) is 2.69. The van der Waals surface area contributed by atoms with Crippen LogP contribution >= 0.6 is 24.0 Å². The fourth-order valence-corrected chi connectivity index (χ4v) is 4.72. The van der Waals surface area contributed by atoms with Gasteiger partial charge in [0.2, 0.25) is 0 Å². The first-order chi connectivity index (χ1) is 13.6. The van der Waals surface area contributed by atoms with Crippen molar-refractivity contribution in [2.45, 2.75) is 76.4 Å². The third kappa shape index (κ3) is 6.74. The van der Waals surface area contributed by atoms with Crippen LogP contribution in [-0.2, 0) is 0 Å². The van der Waals surface area contributed by atoms with Crippen LogP contribution in [0, 0.1) is 0 Å². The molecule has 2 saturated heterocycles. The maximum Gasteiger partial charge on any atom is 0.191 e. The Morgan fingerprint density at radius 3 is 2.45 bits per heavy atom. The van der Waals surface area contributed by atoms with Crippen LogP contribution < -0.4 is 15.4 Å². The van der Waals surface area contributed by atoms with Crippen LogP contribution in [0.3, 0.4) is 0 Å². The van der Waals surface area contributed by atoms with Gasteiger partial charge in [-0.1, -0.05) is 25.5 Å². The molecule has 2 fully saturated rings. The number of hydrogen-bond acceptors (Lipinski definition) is 3. The molecule has 1 aromatic carbocycles. The van der Waals surface area contributed by atoms with Gasteiger partial charge in [-0.05, 0) is 69.7 Å². The number of piperidine rings is 2. The number of methoxy groups -OCH3 is 1. The number of nitrogens with zero attached hydrogens (tertiary/aromatic N) is 2. The smallest absolute Gasteiger partial charge is 0.191 e. The first kappa shape index (κ1) is 24.3. The molecule has 2 aliphatic heterocycles. The normalized spacial score (nSPS) is 25.7. The lowest BCUT2D eigenvalue weighted by molar-refractivity contribution is 0.0526. The van der Waals surface area contributed by atoms with Crippen molar-refractivity contribution in [3.63, 3.8) is 0 Å². The third-order valence-electron chi connectivity index (χ3n) is 6.54. The van der Waals surface area contributed by atoms with Gasteiger partial charge in [0.1, 0.15) is 5.75 Å². The molecule has 5 nitrogen and oxygen atoms in total. The summed E-state index contributed by atoms with van der Waals surface area (Å²) >= 11 is 0. The number of aliphatic imine (C=N–C) groups is 1. The van der Waals surface area contributed by atoms with Crippen molar-refractivity contribution in [3.8, 4) is 5.75 Å². The van der Waals surface area contributed by atoms with Gasteiger partial charge in [-0.3, -0.25) is 4.99 Å². The molecule has 29 heavy (non-hydrogen) atoms. The summed E-state index contributed by atoms with van der Waals surface area (Å²) < 4.78 is 5.25. The number of rotatable bonds is 7. The van der Waals surface area contributed by atoms with Crippen molar-refractivity contribution < 1.29 is 4.74 Å². The lowest BCUT2D eigenvalue weighted by Crippen LogP contribution is -2.56. The van der Waals surface area contributed by atoms with E-state index in [1.165, 1.54) is 37.7 Å². The largest absolute Gasteiger partial charge is 0.497 e. The van der Waals surface area contributed by atoms with Gasteiger partial charge >= 0.3 is 0 Å². The third-order valence-corrected chi connectivity index (χ3v) is 6.54. The molecule has 6 heteroatoms. The molecule has 2 aliphatic rings. The second kappa shape index (κ2) is 12.0. The van der Waals surface area contributed by atoms with Gasteiger partial charge in [-0.2, -0.15) is 0 Å². The summed E-state index contributed by atoms with van der Waals surface area (Å²) in [5.41, 5.74) is 1.34. The molecule has 2 heterocycles. The maximum atomic E-state index is 5.25. The average molecular weight is 514 g/mol.